The maximum absolute atomic E-state index is 12.6. The molecule has 0 aliphatic carbocycles. The number of aryl methyl sites for hydroxylation is 1. The Hall–Kier alpha value is -2.21. The molecule has 1 aromatic carbocycles. The molecule has 2 aromatic rings. The molecule has 1 aliphatic rings. The maximum Gasteiger partial charge on any atom is 0.247 e. The van der Waals surface area contributed by atoms with Gasteiger partial charge in [0, 0.05) is 12.2 Å². The number of carbonyl (C=O) groups excluding carboxylic acids is 2. The normalized spacial score (nSPS) is 20.7. The zero-order valence-corrected chi connectivity index (χ0v) is 14.0. The molecule has 5 nitrogen and oxygen atoms in total. The predicted molar refractivity (Wildman–Crippen MR) is 92.5 cm³/mol. The van der Waals surface area contributed by atoms with E-state index in [0.717, 1.165) is 20.9 Å². The Morgan fingerprint density at radius 3 is 3.00 bits per heavy atom. The summed E-state index contributed by atoms with van der Waals surface area (Å²) >= 11 is 1.59. The van der Waals surface area contributed by atoms with E-state index in [9.17, 15) is 9.59 Å². The second kappa shape index (κ2) is 6.12. The van der Waals surface area contributed by atoms with E-state index >= 15 is 0 Å². The number of rotatable bonds is 3. The van der Waals surface area contributed by atoms with Crippen LogP contribution in [-0.2, 0) is 9.59 Å². The standard InChI is InChI=1S/C17H19N3O2S/c1-4-16(21)20-9-10(2)7-14(20)17(22)19-12-5-6-13-15(8-12)23-11(3)18-13/h4-6,8,10,14H,1,7,9H2,2-3H3,(H,19,22)/t10-,14-/m0/s1. The SMILES string of the molecule is C=CC(=O)N1C[C@@H](C)C[C@H]1C(=O)Nc1ccc2nc(C)sc2c1. The number of aromatic nitrogens is 1. The van der Waals surface area contributed by atoms with Crippen LogP contribution in [0.15, 0.2) is 30.9 Å². The molecule has 23 heavy (non-hydrogen) atoms. The highest BCUT2D eigenvalue weighted by Crippen LogP contribution is 2.27. The van der Waals surface area contributed by atoms with Crippen molar-refractivity contribution in [3.63, 3.8) is 0 Å². The lowest BCUT2D eigenvalue weighted by Crippen LogP contribution is -2.42. The highest BCUT2D eigenvalue weighted by molar-refractivity contribution is 7.18. The summed E-state index contributed by atoms with van der Waals surface area (Å²) in [6.45, 7) is 8.11. The lowest BCUT2D eigenvalue weighted by atomic mass is 10.1. The minimum atomic E-state index is -0.436. The van der Waals surface area contributed by atoms with E-state index in [1.807, 2.05) is 32.0 Å². The van der Waals surface area contributed by atoms with Gasteiger partial charge in [-0.3, -0.25) is 9.59 Å². The quantitative estimate of drug-likeness (QED) is 0.881. The number of benzene rings is 1. The summed E-state index contributed by atoms with van der Waals surface area (Å²) in [7, 11) is 0. The van der Waals surface area contributed by atoms with Crippen molar-refractivity contribution >= 4 is 39.1 Å². The van der Waals surface area contributed by atoms with Crippen molar-refractivity contribution in [2.45, 2.75) is 26.3 Å². The number of nitrogens with zero attached hydrogens (tertiary/aromatic N) is 2. The monoisotopic (exact) mass is 329 g/mol. The van der Waals surface area contributed by atoms with E-state index in [2.05, 4.69) is 16.9 Å². The van der Waals surface area contributed by atoms with E-state index in [1.54, 1.807) is 16.2 Å². The lowest BCUT2D eigenvalue weighted by Gasteiger charge is -2.22. The average Bonchev–Trinajstić information content (AvgIpc) is 3.07. The number of likely N-dealkylation sites (tertiary alicyclic amines) is 1. The van der Waals surface area contributed by atoms with Crippen LogP contribution in [0.2, 0.25) is 0 Å². The molecular weight excluding hydrogens is 310 g/mol. The summed E-state index contributed by atoms with van der Waals surface area (Å²) in [5.41, 5.74) is 1.67. The Labute approximate surface area is 139 Å². The second-order valence-corrected chi connectivity index (χ2v) is 7.19. The van der Waals surface area contributed by atoms with Crippen LogP contribution < -0.4 is 5.32 Å². The molecule has 2 amide bonds. The molecule has 1 N–H and O–H groups in total. The third kappa shape index (κ3) is 3.12. The van der Waals surface area contributed by atoms with Crippen LogP contribution in [0, 0.1) is 12.8 Å². The number of anilines is 1. The third-order valence-corrected chi connectivity index (χ3v) is 4.97. The van der Waals surface area contributed by atoms with Crippen LogP contribution in [-0.4, -0.2) is 34.3 Å². The first kappa shape index (κ1) is 15.7. The van der Waals surface area contributed by atoms with Gasteiger partial charge in [-0.25, -0.2) is 4.98 Å². The minimum Gasteiger partial charge on any atom is -0.327 e. The molecule has 1 saturated heterocycles. The van der Waals surface area contributed by atoms with Gasteiger partial charge in [0.05, 0.1) is 15.2 Å². The molecule has 1 fully saturated rings. The summed E-state index contributed by atoms with van der Waals surface area (Å²) in [5, 5.41) is 3.92. The van der Waals surface area contributed by atoms with Crippen LogP contribution in [0.3, 0.4) is 0 Å². The van der Waals surface area contributed by atoms with Gasteiger partial charge >= 0.3 is 0 Å². The number of thiazole rings is 1. The van der Waals surface area contributed by atoms with Gasteiger partial charge < -0.3 is 10.2 Å². The highest BCUT2D eigenvalue weighted by Gasteiger charge is 2.36. The van der Waals surface area contributed by atoms with Gasteiger partial charge in [0.25, 0.3) is 0 Å². The molecule has 0 unspecified atom stereocenters. The number of amides is 2. The molecule has 1 aliphatic heterocycles. The minimum absolute atomic E-state index is 0.148. The fraction of sp³-hybridized carbons (Fsp3) is 0.353. The van der Waals surface area contributed by atoms with Crippen molar-refractivity contribution in [3.8, 4) is 0 Å². The van der Waals surface area contributed by atoms with Gasteiger partial charge in [0.15, 0.2) is 0 Å². The van der Waals surface area contributed by atoms with E-state index in [4.69, 9.17) is 0 Å². The first-order valence-corrected chi connectivity index (χ1v) is 8.40. The molecule has 1 aromatic heterocycles. The maximum atomic E-state index is 12.6. The van der Waals surface area contributed by atoms with Crippen molar-refractivity contribution in [3.05, 3.63) is 35.9 Å². The average molecular weight is 329 g/mol. The van der Waals surface area contributed by atoms with Crippen molar-refractivity contribution < 1.29 is 9.59 Å². The Kier molecular flexibility index (Phi) is 4.17. The largest absolute Gasteiger partial charge is 0.327 e. The first-order chi connectivity index (χ1) is 11.0. The predicted octanol–water partition coefficient (Wildman–Crippen LogP) is 2.97. The zero-order chi connectivity index (χ0) is 16.6. The van der Waals surface area contributed by atoms with Gasteiger partial charge in [-0.2, -0.15) is 0 Å². The Balaban J connectivity index is 1.78. The third-order valence-electron chi connectivity index (χ3n) is 4.03. The molecule has 2 atom stereocenters. The Bertz CT molecular complexity index is 783. The van der Waals surface area contributed by atoms with Crippen LogP contribution in [0.4, 0.5) is 5.69 Å². The molecule has 0 bridgehead atoms. The number of carbonyl (C=O) groups is 2. The van der Waals surface area contributed by atoms with E-state index in [0.29, 0.717) is 18.9 Å². The van der Waals surface area contributed by atoms with E-state index in [1.165, 1.54) is 6.08 Å². The zero-order valence-electron chi connectivity index (χ0n) is 13.2. The highest BCUT2D eigenvalue weighted by atomic mass is 32.1. The fourth-order valence-corrected chi connectivity index (χ4v) is 3.86. The molecule has 120 valence electrons. The topological polar surface area (TPSA) is 62.3 Å². The van der Waals surface area contributed by atoms with Crippen molar-refractivity contribution in [2.24, 2.45) is 5.92 Å². The summed E-state index contributed by atoms with van der Waals surface area (Å²) in [5.74, 6) is -0.0329. The van der Waals surface area contributed by atoms with Crippen LogP contribution in [0.1, 0.15) is 18.4 Å². The molecule has 3 rings (SSSR count). The van der Waals surface area contributed by atoms with E-state index in [-0.39, 0.29) is 11.8 Å². The first-order valence-electron chi connectivity index (χ1n) is 7.59. The van der Waals surface area contributed by atoms with Gasteiger partial charge in [-0.1, -0.05) is 13.5 Å². The Morgan fingerprint density at radius 1 is 1.48 bits per heavy atom. The fourth-order valence-electron chi connectivity index (χ4n) is 3.00. The number of nitrogens with one attached hydrogen (secondary N) is 1. The molecule has 2 heterocycles. The molecule has 0 radical (unpaired) electrons. The van der Waals surface area contributed by atoms with Crippen LogP contribution in [0.5, 0.6) is 0 Å². The summed E-state index contributed by atoms with van der Waals surface area (Å²) in [6.07, 6.45) is 1.94. The van der Waals surface area contributed by atoms with Gasteiger partial charge in [-0.15, -0.1) is 11.3 Å². The Morgan fingerprint density at radius 2 is 2.26 bits per heavy atom. The van der Waals surface area contributed by atoms with Gasteiger partial charge in [-0.05, 0) is 43.5 Å². The molecule has 0 saturated carbocycles. The van der Waals surface area contributed by atoms with Crippen molar-refractivity contribution in [2.75, 3.05) is 11.9 Å². The van der Waals surface area contributed by atoms with Gasteiger partial charge in [0.2, 0.25) is 11.8 Å². The van der Waals surface area contributed by atoms with E-state index < -0.39 is 6.04 Å². The number of fused-ring (bicyclic) bond motifs is 1. The van der Waals surface area contributed by atoms with Crippen molar-refractivity contribution in [1.29, 1.82) is 0 Å². The molecular formula is C17H19N3O2S. The number of hydrogen-bond donors (Lipinski definition) is 1. The molecule has 0 spiro atoms. The molecule has 6 heteroatoms. The van der Waals surface area contributed by atoms with Crippen LogP contribution in [0.25, 0.3) is 10.2 Å². The second-order valence-electron chi connectivity index (χ2n) is 5.96. The smallest absolute Gasteiger partial charge is 0.247 e. The summed E-state index contributed by atoms with van der Waals surface area (Å²) in [6, 6.07) is 5.24. The van der Waals surface area contributed by atoms with Gasteiger partial charge in [0.1, 0.15) is 6.04 Å². The number of hydrogen-bond acceptors (Lipinski definition) is 4. The summed E-state index contributed by atoms with van der Waals surface area (Å²) < 4.78 is 1.04. The van der Waals surface area contributed by atoms with Crippen LogP contribution >= 0.6 is 11.3 Å². The lowest BCUT2D eigenvalue weighted by molar-refractivity contribution is -0.132. The summed E-state index contributed by atoms with van der Waals surface area (Å²) in [4.78, 5) is 30.5. The van der Waals surface area contributed by atoms with Crippen molar-refractivity contribution in [1.82, 2.24) is 9.88 Å².